The number of nitrogens with zero attached hydrogens (tertiary/aromatic N) is 2. The first-order valence-corrected chi connectivity index (χ1v) is 12.7. The lowest BCUT2D eigenvalue weighted by atomic mass is 10.0. The average molecular weight is 455 g/mol. The second kappa shape index (κ2) is 9.42. The summed E-state index contributed by atoms with van der Waals surface area (Å²) in [7, 11) is -3.67. The van der Waals surface area contributed by atoms with Crippen LogP contribution in [0.2, 0.25) is 0 Å². The van der Waals surface area contributed by atoms with Gasteiger partial charge in [0.15, 0.2) is 0 Å². The monoisotopic (exact) mass is 454 g/mol. The van der Waals surface area contributed by atoms with E-state index in [0.717, 1.165) is 29.4 Å². The highest BCUT2D eigenvalue weighted by atomic mass is 32.2. The van der Waals surface area contributed by atoms with Crippen molar-refractivity contribution in [2.45, 2.75) is 39.5 Å². The van der Waals surface area contributed by atoms with Crippen molar-refractivity contribution in [2.24, 2.45) is 0 Å². The quantitative estimate of drug-likeness (QED) is 0.521. The van der Waals surface area contributed by atoms with Crippen molar-refractivity contribution in [3.8, 4) is 0 Å². The van der Waals surface area contributed by atoms with Gasteiger partial charge in [-0.25, -0.2) is 13.4 Å². The number of ether oxygens (including phenoxy) is 1. The Morgan fingerprint density at radius 1 is 1.00 bits per heavy atom. The summed E-state index contributed by atoms with van der Waals surface area (Å²) >= 11 is 1.38. The highest BCUT2D eigenvalue weighted by molar-refractivity contribution is 8.00. The minimum absolute atomic E-state index is 0.296. The maximum Gasteiger partial charge on any atom is 0.207 e. The van der Waals surface area contributed by atoms with Crippen LogP contribution in [-0.4, -0.2) is 39.7 Å². The number of aromatic nitrogens is 1. The summed E-state index contributed by atoms with van der Waals surface area (Å²) in [5.74, 6) is 0.299. The van der Waals surface area contributed by atoms with Crippen LogP contribution in [-0.2, 0) is 14.6 Å². The summed E-state index contributed by atoms with van der Waals surface area (Å²) in [4.78, 5) is 7.87. The summed E-state index contributed by atoms with van der Waals surface area (Å²) in [5.41, 5.74) is 2.11. The Hall–Kier alpha value is -2.35. The Labute approximate surface area is 188 Å². The SMILES string of the molecule is CC(C)c1ccc(S(=O)(=O)c2ccc(N3CCOCC3)cc2)c(Sc2ccccn2)c1. The second-order valence-corrected chi connectivity index (χ2v) is 10.7. The lowest BCUT2D eigenvalue weighted by Crippen LogP contribution is -2.36. The van der Waals surface area contributed by atoms with Gasteiger partial charge in [0, 0.05) is 29.9 Å². The predicted octanol–water partition coefficient (Wildman–Crippen LogP) is 5.03. The van der Waals surface area contributed by atoms with E-state index < -0.39 is 9.84 Å². The van der Waals surface area contributed by atoms with Gasteiger partial charge in [0.25, 0.3) is 0 Å². The summed E-state index contributed by atoms with van der Waals surface area (Å²) in [6.07, 6.45) is 1.72. The molecule has 1 aliphatic rings. The first-order valence-electron chi connectivity index (χ1n) is 10.4. The van der Waals surface area contributed by atoms with Crippen LogP contribution in [0.15, 0.2) is 86.6 Å². The van der Waals surface area contributed by atoms with Crippen molar-refractivity contribution in [3.05, 3.63) is 72.4 Å². The number of hydrogen-bond acceptors (Lipinski definition) is 6. The molecule has 2 heterocycles. The molecule has 0 saturated carbocycles. The van der Waals surface area contributed by atoms with Gasteiger partial charge in [0.05, 0.1) is 23.0 Å². The minimum Gasteiger partial charge on any atom is -0.378 e. The van der Waals surface area contributed by atoms with Crippen LogP contribution in [0.3, 0.4) is 0 Å². The van der Waals surface area contributed by atoms with Crippen LogP contribution in [0.25, 0.3) is 0 Å². The fraction of sp³-hybridized carbons (Fsp3) is 0.292. The van der Waals surface area contributed by atoms with Crippen LogP contribution in [0.5, 0.6) is 0 Å². The van der Waals surface area contributed by atoms with E-state index in [-0.39, 0.29) is 0 Å². The van der Waals surface area contributed by atoms with Gasteiger partial charge in [0.1, 0.15) is 5.03 Å². The third-order valence-corrected chi connectivity index (χ3v) is 8.26. The largest absolute Gasteiger partial charge is 0.378 e. The standard InChI is InChI=1S/C24H26N2O3S2/c1-18(2)19-6-11-23(22(17-19)30-24-5-3-4-12-25-24)31(27,28)21-9-7-20(8-10-21)26-13-15-29-16-14-26/h3-12,17-18H,13-16H2,1-2H3. The van der Waals surface area contributed by atoms with E-state index in [4.69, 9.17) is 4.74 Å². The molecule has 31 heavy (non-hydrogen) atoms. The molecule has 2 aromatic carbocycles. The number of benzene rings is 2. The Balaban J connectivity index is 1.69. The number of pyridine rings is 1. The minimum atomic E-state index is -3.67. The molecular weight excluding hydrogens is 428 g/mol. The van der Waals surface area contributed by atoms with E-state index in [9.17, 15) is 8.42 Å². The van der Waals surface area contributed by atoms with Crippen LogP contribution in [0.1, 0.15) is 25.3 Å². The zero-order valence-electron chi connectivity index (χ0n) is 17.7. The maximum atomic E-state index is 13.5. The van der Waals surface area contributed by atoms with Gasteiger partial charge >= 0.3 is 0 Å². The number of sulfone groups is 1. The summed E-state index contributed by atoms with van der Waals surface area (Å²) in [5, 5.41) is 0.766. The normalized spacial score (nSPS) is 14.7. The second-order valence-electron chi connectivity index (χ2n) is 7.73. The smallest absolute Gasteiger partial charge is 0.207 e. The molecule has 0 aliphatic carbocycles. The van der Waals surface area contributed by atoms with Crippen LogP contribution >= 0.6 is 11.8 Å². The molecule has 4 rings (SSSR count). The highest BCUT2D eigenvalue weighted by Crippen LogP contribution is 2.37. The molecule has 0 N–H and O–H groups in total. The van der Waals surface area contributed by atoms with E-state index in [1.54, 1.807) is 24.4 Å². The molecule has 1 saturated heterocycles. The van der Waals surface area contributed by atoms with Gasteiger partial charge in [-0.2, -0.15) is 0 Å². The molecule has 3 aromatic rings. The number of anilines is 1. The number of hydrogen-bond donors (Lipinski definition) is 0. The first-order chi connectivity index (χ1) is 14.9. The number of rotatable bonds is 6. The molecule has 162 valence electrons. The van der Waals surface area contributed by atoms with E-state index in [0.29, 0.717) is 33.8 Å². The van der Waals surface area contributed by atoms with Gasteiger partial charge in [-0.3, -0.25) is 0 Å². The molecule has 1 aliphatic heterocycles. The molecule has 0 atom stereocenters. The Morgan fingerprint density at radius 2 is 1.74 bits per heavy atom. The fourth-order valence-corrected chi connectivity index (χ4v) is 6.11. The molecule has 0 unspecified atom stereocenters. The van der Waals surface area contributed by atoms with E-state index >= 15 is 0 Å². The molecular formula is C24H26N2O3S2. The third kappa shape index (κ3) is 4.95. The van der Waals surface area contributed by atoms with Gasteiger partial charge in [-0.05, 0) is 60.0 Å². The molecule has 0 spiro atoms. The van der Waals surface area contributed by atoms with Gasteiger partial charge in [-0.1, -0.05) is 37.7 Å². The molecule has 5 nitrogen and oxygen atoms in total. The predicted molar refractivity (Wildman–Crippen MR) is 124 cm³/mol. The Kier molecular flexibility index (Phi) is 6.65. The van der Waals surface area contributed by atoms with Gasteiger partial charge in [-0.15, -0.1) is 0 Å². The van der Waals surface area contributed by atoms with Crippen molar-refractivity contribution < 1.29 is 13.2 Å². The van der Waals surface area contributed by atoms with E-state index in [1.165, 1.54) is 11.8 Å². The van der Waals surface area contributed by atoms with Crippen molar-refractivity contribution in [1.82, 2.24) is 4.98 Å². The topological polar surface area (TPSA) is 59.5 Å². The van der Waals surface area contributed by atoms with Crippen molar-refractivity contribution in [3.63, 3.8) is 0 Å². The summed E-state index contributed by atoms with van der Waals surface area (Å²) < 4.78 is 32.5. The zero-order chi connectivity index (χ0) is 21.8. The molecule has 0 amide bonds. The molecule has 0 radical (unpaired) electrons. The van der Waals surface area contributed by atoms with Crippen LogP contribution < -0.4 is 4.90 Å². The summed E-state index contributed by atoms with van der Waals surface area (Å²) in [6.45, 7) is 7.21. The van der Waals surface area contributed by atoms with Crippen LogP contribution in [0.4, 0.5) is 5.69 Å². The lowest BCUT2D eigenvalue weighted by Gasteiger charge is -2.28. The van der Waals surface area contributed by atoms with Crippen molar-refractivity contribution in [2.75, 3.05) is 31.2 Å². The fourth-order valence-electron chi connectivity index (χ4n) is 3.49. The highest BCUT2D eigenvalue weighted by Gasteiger charge is 2.23. The lowest BCUT2D eigenvalue weighted by molar-refractivity contribution is 0.122. The van der Waals surface area contributed by atoms with Crippen LogP contribution in [0, 0.1) is 0 Å². The van der Waals surface area contributed by atoms with E-state index in [2.05, 4.69) is 23.7 Å². The van der Waals surface area contributed by atoms with Crippen molar-refractivity contribution >= 4 is 27.3 Å². The summed E-state index contributed by atoms with van der Waals surface area (Å²) in [6, 6.07) is 18.4. The van der Waals surface area contributed by atoms with E-state index in [1.807, 2.05) is 42.5 Å². The molecule has 0 bridgehead atoms. The first kappa shape index (κ1) is 21.9. The van der Waals surface area contributed by atoms with Gasteiger partial charge < -0.3 is 9.64 Å². The molecule has 1 aromatic heterocycles. The van der Waals surface area contributed by atoms with Gasteiger partial charge in [0.2, 0.25) is 9.84 Å². The Morgan fingerprint density at radius 3 is 2.39 bits per heavy atom. The van der Waals surface area contributed by atoms with Crippen molar-refractivity contribution in [1.29, 1.82) is 0 Å². The molecule has 7 heteroatoms. The number of morpholine rings is 1. The Bertz CT molecular complexity index is 1130. The third-order valence-electron chi connectivity index (χ3n) is 5.30. The zero-order valence-corrected chi connectivity index (χ0v) is 19.3. The molecule has 1 fully saturated rings. The average Bonchev–Trinajstić information content (AvgIpc) is 2.80. The maximum absolute atomic E-state index is 13.5.